The van der Waals surface area contributed by atoms with Crippen molar-refractivity contribution >= 4 is 0 Å². The van der Waals surface area contributed by atoms with Gasteiger partial charge in [-0.05, 0) is 18.8 Å². The van der Waals surface area contributed by atoms with E-state index >= 15 is 0 Å². The minimum atomic E-state index is 0.803. The number of rotatable bonds is 0. The number of hydrogen-bond donors (Lipinski definition) is 1. The van der Waals surface area contributed by atoms with Crippen LogP contribution in [0, 0.1) is 5.92 Å². The molecule has 1 atom stereocenters. The third kappa shape index (κ3) is 2.33. The molecule has 1 rings (SSSR count). The lowest BCUT2D eigenvalue weighted by Crippen LogP contribution is -2.33. The highest BCUT2D eigenvalue weighted by molar-refractivity contribution is 4.63. The van der Waals surface area contributed by atoms with Crippen LogP contribution in [0.5, 0.6) is 0 Å². The van der Waals surface area contributed by atoms with Crippen LogP contribution in [0.4, 0.5) is 0 Å². The Morgan fingerprint density at radius 2 is 2.22 bits per heavy atom. The summed E-state index contributed by atoms with van der Waals surface area (Å²) in [7, 11) is 0. The molecular weight excluding hydrogens is 112 g/mol. The maximum atomic E-state index is 5.66. The molecule has 54 valence electrons. The SMILES string of the molecule is CC1CCCCN(N)C1. The van der Waals surface area contributed by atoms with Gasteiger partial charge >= 0.3 is 0 Å². The lowest BCUT2D eigenvalue weighted by molar-refractivity contribution is 0.264. The fraction of sp³-hybridized carbons (Fsp3) is 1.00. The summed E-state index contributed by atoms with van der Waals surface area (Å²) in [6.07, 6.45) is 3.99. The molecule has 0 saturated carbocycles. The van der Waals surface area contributed by atoms with Crippen LogP contribution in [0.3, 0.4) is 0 Å². The monoisotopic (exact) mass is 128 g/mol. The second-order valence-electron chi connectivity index (χ2n) is 3.10. The molecule has 0 aromatic heterocycles. The zero-order valence-corrected chi connectivity index (χ0v) is 6.14. The molecule has 0 aliphatic carbocycles. The average molecular weight is 128 g/mol. The van der Waals surface area contributed by atoms with E-state index in [9.17, 15) is 0 Å². The summed E-state index contributed by atoms with van der Waals surface area (Å²) in [6, 6.07) is 0. The van der Waals surface area contributed by atoms with Gasteiger partial charge in [0.15, 0.2) is 0 Å². The number of hydrogen-bond acceptors (Lipinski definition) is 2. The van der Waals surface area contributed by atoms with E-state index in [0.717, 1.165) is 19.0 Å². The highest BCUT2D eigenvalue weighted by Crippen LogP contribution is 2.12. The van der Waals surface area contributed by atoms with Crippen LogP contribution >= 0.6 is 0 Å². The first-order valence-electron chi connectivity index (χ1n) is 3.78. The van der Waals surface area contributed by atoms with Crippen molar-refractivity contribution in [3.05, 3.63) is 0 Å². The molecule has 2 nitrogen and oxygen atoms in total. The van der Waals surface area contributed by atoms with Gasteiger partial charge < -0.3 is 0 Å². The Bertz CT molecular complexity index is 73.0. The van der Waals surface area contributed by atoms with Gasteiger partial charge in [-0.3, -0.25) is 5.84 Å². The van der Waals surface area contributed by atoms with E-state index in [1.807, 2.05) is 5.01 Å². The molecular formula is C7H16N2. The molecule has 9 heavy (non-hydrogen) atoms. The van der Waals surface area contributed by atoms with Crippen molar-refractivity contribution in [2.45, 2.75) is 26.2 Å². The third-order valence-corrected chi connectivity index (χ3v) is 1.94. The Morgan fingerprint density at radius 1 is 1.44 bits per heavy atom. The van der Waals surface area contributed by atoms with E-state index in [4.69, 9.17) is 5.84 Å². The van der Waals surface area contributed by atoms with Crippen LogP contribution in [0.2, 0.25) is 0 Å². The predicted octanol–water partition coefficient (Wildman–Crippen LogP) is 0.982. The Hall–Kier alpha value is -0.0800. The maximum Gasteiger partial charge on any atom is 0.0154 e. The fourth-order valence-electron chi connectivity index (χ4n) is 1.39. The summed E-state index contributed by atoms with van der Waals surface area (Å²) < 4.78 is 0. The largest absolute Gasteiger partial charge is 0.269 e. The van der Waals surface area contributed by atoms with Gasteiger partial charge in [-0.1, -0.05) is 13.3 Å². The van der Waals surface area contributed by atoms with Gasteiger partial charge in [0.2, 0.25) is 0 Å². The van der Waals surface area contributed by atoms with Crippen molar-refractivity contribution < 1.29 is 0 Å². The molecule has 1 fully saturated rings. The molecule has 0 spiro atoms. The van der Waals surface area contributed by atoms with Crippen LogP contribution in [0.15, 0.2) is 0 Å². The molecule has 1 heterocycles. The Labute approximate surface area is 57.0 Å². The van der Waals surface area contributed by atoms with E-state index in [2.05, 4.69) is 6.92 Å². The minimum absolute atomic E-state index is 0.803. The van der Waals surface area contributed by atoms with Gasteiger partial charge in [-0.15, -0.1) is 0 Å². The van der Waals surface area contributed by atoms with Crippen LogP contribution in [-0.4, -0.2) is 18.1 Å². The zero-order chi connectivity index (χ0) is 6.69. The molecule has 0 bridgehead atoms. The highest BCUT2D eigenvalue weighted by atomic mass is 15.4. The van der Waals surface area contributed by atoms with Crippen molar-refractivity contribution in [1.82, 2.24) is 5.01 Å². The summed E-state index contributed by atoms with van der Waals surface area (Å²) in [5.74, 6) is 6.46. The smallest absolute Gasteiger partial charge is 0.0154 e. The average Bonchev–Trinajstić information content (AvgIpc) is 1.93. The second kappa shape index (κ2) is 3.18. The second-order valence-corrected chi connectivity index (χ2v) is 3.10. The topological polar surface area (TPSA) is 29.3 Å². The van der Waals surface area contributed by atoms with E-state index in [1.165, 1.54) is 19.3 Å². The van der Waals surface area contributed by atoms with Crippen molar-refractivity contribution in [3.63, 3.8) is 0 Å². The van der Waals surface area contributed by atoms with Gasteiger partial charge in [0.05, 0.1) is 0 Å². The van der Waals surface area contributed by atoms with Crippen molar-refractivity contribution in [1.29, 1.82) is 0 Å². The minimum Gasteiger partial charge on any atom is -0.269 e. The van der Waals surface area contributed by atoms with Crippen molar-refractivity contribution in [2.24, 2.45) is 11.8 Å². The molecule has 1 aliphatic rings. The van der Waals surface area contributed by atoms with Gasteiger partial charge in [-0.2, -0.15) is 0 Å². The summed E-state index contributed by atoms with van der Waals surface area (Å²) in [5, 5.41) is 1.94. The van der Waals surface area contributed by atoms with Gasteiger partial charge in [0, 0.05) is 13.1 Å². The first-order valence-corrected chi connectivity index (χ1v) is 3.78. The molecule has 0 aromatic carbocycles. The maximum absolute atomic E-state index is 5.66. The van der Waals surface area contributed by atoms with Crippen molar-refractivity contribution in [3.8, 4) is 0 Å². The third-order valence-electron chi connectivity index (χ3n) is 1.94. The molecule has 2 N–H and O–H groups in total. The molecule has 1 unspecified atom stereocenters. The number of hydrazine groups is 1. The molecule has 0 amide bonds. The molecule has 0 aromatic rings. The lowest BCUT2D eigenvalue weighted by Gasteiger charge is -2.14. The summed E-state index contributed by atoms with van der Waals surface area (Å²) in [6.45, 7) is 4.44. The normalized spacial score (nSPS) is 32.0. The fourth-order valence-corrected chi connectivity index (χ4v) is 1.39. The van der Waals surface area contributed by atoms with Crippen LogP contribution in [0.25, 0.3) is 0 Å². The predicted molar refractivity (Wildman–Crippen MR) is 38.8 cm³/mol. The Balaban J connectivity index is 2.29. The first kappa shape index (κ1) is 7.03. The molecule has 1 aliphatic heterocycles. The molecule has 1 saturated heterocycles. The van der Waals surface area contributed by atoms with E-state index in [-0.39, 0.29) is 0 Å². The standard InChI is InChI=1S/C7H16N2/c1-7-4-2-3-5-9(8)6-7/h7H,2-6,8H2,1H3. The number of nitrogens with zero attached hydrogens (tertiary/aromatic N) is 1. The Kier molecular flexibility index (Phi) is 2.49. The lowest BCUT2D eigenvalue weighted by atomic mass is 10.1. The molecule has 0 radical (unpaired) electrons. The summed E-state index contributed by atoms with van der Waals surface area (Å²) in [5.41, 5.74) is 0. The van der Waals surface area contributed by atoms with Crippen LogP contribution in [-0.2, 0) is 0 Å². The quantitative estimate of drug-likeness (QED) is 0.493. The van der Waals surface area contributed by atoms with Gasteiger partial charge in [-0.25, -0.2) is 5.01 Å². The van der Waals surface area contributed by atoms with Crippen LogP contribution < -0.4 is 5.84 Å². The van der Waals surface area contributed by atoms with Crippen molar-refractivity contribution in [2.75, 3.05) is 13.1 Å². The highest BCUT2D eigenvalue weighted by Gasteiger charge is 2.10. The molecule has 2 heteroatoms. The van der Waals surface area contributed by atoms with E-state index in [0.29, 0.717) is 0 Å². The Morgan fingerprint density at radius 3 is 3.00 bits per heavy atom. The van der Waals surface area contributed by atoms with Crippen LogP contribution in [0.1, 0.15) is 26.2 Å². The van der Waals surface area contributed by atoms with E-state index < -0.39 is 0 Å². The first-order chi connectivity index (χ1) is 4.29. The summed E-state index contributed by atoms with van der Waals surface area (Å²) in [4.78, 5) is 0. The van der Waals surface area contributed by atoms with Gasteiger partial charge in [0.25, 0.3) is 0 Å². The summed E-state index contributed by atoms with van der Waals surface area (Å²) >= 11 is 0. The zero-order valence-electron chi connectivity index (χ0n) is 6.14. The van der Waals surface area contributed by atoms with E-state index in [1.54, 1.807) is 0 Å². The number of nitrogens with two attached hydrogens (primary N) is 1. The van der Waals surface area contributed by atoms with Gasteiger partial charge in [0.1, 0.15) is 0 Å².